The van der Waals surface area contributed by atoms with Crippen molar-refractivity contribution in [2.45, 2.75) is 12.5 Å². The summed E-state index contributed by atoms with van der Waals surface area (Å²) in [6.07, 6.45) is -0.129. The Hall–Kier alpha value is -2.36. The van der Waals surface area contributed by atoms with E-state index in [1.807, 2.05) is 0 Å². The van der Waals surface area contributed by atoms with Crippen molar-refractivity contribution in [3.8, 4) is 11.5 Å². The quantitative estimate of drug-likeness (QED) is 0.838. The van der Waals surface area contributed by atoms with E-state index in [-0.39, 0.29) is 24.1 Å². The summed E-state index contributed by atoms with van der Waals surface area (Å²) in [5, 5.41) is 0. The van der Waals surface area contributed by atoms with Gasteiger partial charge in [-0.15, -0.1) is 0 Å². The predicted molar refractivity (Wildman–Crippen MR) is 71.7 cm³/mol. The molecule has 4 heteroatoms. The number of carbonyl (C=O) groups excluding carboxylic acids is 1. The van der Waals surface area contributed by atoms with Crippen LogP contribution >= 0.6 is 0 Å². The summed E-state index contributed by atoms with van der Waals surface area (Å²) in [4.78, 5) is 12.2. The molecule has 102 valence electrons. The topological polar surface area (TPSA) is 35.5 Å². The molecule has 3 rings (SSSR count). The maximum Gasteiger partial charge on any atom is 0.170 e. The smallest absolute Gasteiger partial charge is 0.170 e. The Morgan fingerprint density at radius 1 is 1.20 bits per heavy atom. The van der Waals surface area contributed by atoms with Crippen LogP contribution in [0.5, 0.6) is 11.5 Å². The van der Waals surface area contributed by atoms with Gasteiger partial charge in [-0.1, -0.05) is 12.1 Å². The molecule has 0 N–H and O–H groups in total. The molecule has 0 spiro atoms. The highest BCUT2D eigenvalue weighted by Crippen LogP contribution is 2.36. The lowest BCUT2D eigenvalue weighted by Gasteiger charge is -2.25. The Morgan fingerprint density at radius 2 is 1.95 bits per heavy atom. The monoisotopic (exact) mass is 272 g/mol. The first-order valence-electron chi connectivity index (χ1n) is 6.31. The van der Waals surface area contributed by atoms with Crippen LogP contribution in [-0.4, -0.2) is 12.9 Å². The Bertz CT molecular complexity index is 649. The third-order valence-corrected chi connectivity index (χ3v) is 3.37. The summed E-state index contributed by atoms with van der Waals surface area (Å²) < 4.78 is 23.9. The first kappa shape index (κ1) is 12.7. The van der Waals surface area contributed by atoms with E-state index in [0.29, 0.717) is 17.1 Å². The standard InChI is InChI=1S/C16H13FO3/c1-19-12-6-7-15-13(8-12)14(18)9-16(20-15)10-2-4-11(17)5-3-10/h2-8,16H,9H2,1H3. The molecule has 0 saturated heterocycles. The summed E-state index contributed by atoms with van der Waals surface area (Å²) >= 11 is 0. The van der Waals surface area contributed by atoms with Crippen molar-refractivity contribution in [2.24, 2.45) is 0 Å². The number of rotatable bonds is 2. The minimum Gasteiger partial charge on any atom is -0.497 e. The molecule has 0 aliphatic carbocycles. The lowest BCUT2D eigenvalue weighted by atomic mass is 9.96. The number of hydrogen-bond donors (Lipinski definition) is 0. The molecule has 0 saturated carbocycles. The third kappa shape index (κ3) is 2.25. The number of ether oxygens (including phenoxy) is 2. The molecule has 1 unspecified atom stereocenters. The van der Waals surface area contributed by atoms with Gasteiger partial charge in [0.25, 0.3) is 0 Å². The zero-order valence-electron chi connectivity index (χ0n) is 10.9. The molecular formula is C16H13FO3. The fraction of sp³-hybridized carbons (Fsp3) is 0.188. The van der Waals surface area contributed by atoms with E-state index in [0.717, 1.165) is 5.56 Å². The number of methoxy groups -OCH3 is 1. The first-order valence-corrected chi connectivity index (χ1v) is 6.31. The molecule has 1 heterocycles. The van der Waals surface area contributed by atoms with Crippen LogP contribution in [-0.2, 0) is 0 Å². The summed E-state index contributed by atoms with van der Waals surface area (Å²) in [5.41, 5.74) is 1.32. The van der Waals surface area contributed by atoms with E-state index >= 15 is 0 Å². The normalized spacial score (nSPS) is 17.3. The van der Waals surface area contributed by atoms with E-state index in [2.05, 4.69) is 0 Å². The highest BCUT2D eigenvalue weighted by atomic mass is 19.1. The van der Waals surface area contributed by atoms with E-state index in [4.69, 9.17) is 9.47 Å². The van der Waals surface area contributed by atoms with E-state index < -0.39 is 0 Å². The Balaban J connectivity index is 1.92. The van der Waals surface area contributed by atoms with E-state index in [1.54, 1.807) is 37.4 Å². The van der Waals surface area contributed by atoms with Crippen molar-refractivity contribution in [3.63, 3.8) is 0 Å². The van der Waals surface area contributed by atoms with Gasteiger partial charge in [0.2, 0.25) is 0 Å². The lowest BCUT2D eigenvalue weighted by molar-refractivity contribution is 0.0849. The summed E-state index contributed by atoms with van der Waals surface area (Å²) in [5.74, 6) is 0.859. The molecule has 1 aliphatic rings. The fourth-order valence-electron chi connectivity index (χ4n) is 2.29. The lowest BCUT2D eigenvalue weighted by Crippen LogP contribution is -2.20. The molecule has 20 heavy (non-hydrogen) atoms. The molecule has 0 aromatic heterocycles. The number of Topliss-reactive ketones (excluding diaryl/α,β-unsaturated/α-hetero) is 1. The molecule has 0 amide bonds. The van der Waals surface area contributed by atoms with Gasteiger partial charge in [0, 0.05) is 0 Å². The number of benzene rings is 2. The van der Waals surface area contributed by atoms with Crippen molar-refractivity contribution in [3.05, 3.63) is 59.4 Å². The molecule has 0 radical (unpaired) electrons. The number of fused-ring (bicyclic) bond motifs is 1. The SMILES string of the molecule is COc1ccc2c(c1)C(=O)CC(c1ccc(F)cc1)O2. The zero-order valence-corrected chi connectivity index (χ0v) is 10.9. The van der Waals surface area contributed by atoms with Crippen LogP contribution in [0.2, 0.25) is 0 Å². The molecule has 1 aliphatic heterocycles. The second-order valence-electron chi connectivity index (χ2n) is 4.65. The Kier molecular flexibility index (Phi) is 3.14. The number of ketones is 1. The molecule has 1 atom stereocenters. The minimum absolute atomic E-state index is 0.000486. The van der Waals surface area contributed by atoms with E-state index in [1.165, 1.54) is 12.1 Å². The van der Waals surface area contributed by atoms with Gasteiger partial charge in [0.05, 0.1) is 19.1 Å². The van der Waals surface area contributed by atoms with Gasteiger partial charge in [-0.25, -0.2) is 4.39 Å². The van der Waals surface area contributed by atoms with Crippen LogP contribution in [0.15, 0.2) is 42.5 Å². The number of halogens is 1. The third-order valence-electron chi connectivity index (χ3n) is 3.37. The van der Waals surface area contributed by atoms with Gasteiger partial charge < -0.3 is 9.47 Å². The molecular weight excluding hydrogens is 259 g/mol. The second kappa shape index (κ2) is 4.96. The average Bonchev–Trinajstić information content (AvgIpc) is 2.47. The number of carbonyl (C=O) groups is 1. The predicted octanol–water partition coefficient (Wildman–Crippen LogP) is 3.54. The van der Waals surface area contributed by atoms with Gasteiger partial charge in [0.15, 0.2) is 5.78 Å². The fourth-order valence-corrected chi connectivity index (χ4v) is 2.29. The Labute approximate surface area is 115 Å². The maximum atomic E-state index is 12.9. The van der Waals surface area contributed by atoms with Crippen molar-refractivity contribution in [1.29, 1.82) is 0 Å². The highest BCUT2D eigenvalue weighted by Gasteiger charge is 2.28. The molecule has 3 nitrogen and oxygen atoms in total. The zero-order chi connectivity index (χ0) is 14.1. The largest absolute Gasteiger partial charge is 0.497 e. The molecule has 0 bridgehead atoms. The summed E-state index contributed by atoms with van der Waals surface area (Å²) in [6, 6.07) is 11.2. The number of hydrogen-bond acceptors (Lipinski definition) is 3. The molecule has 2 aromatic rings. The van der Waals surface area contributed by atoms with Crippen LogP contribution < -0.4 is 9.47 Å². The van der Waals surface area contributed by atoms with Gasteiger partial charge in [-0.2, -0.15) is 0 Å². The van der Waals surface area contributed by atoms with Crippen LogP contribution in [0, 0.1) is 5.82 Å². The van der Waals surface area contributed by atoms with Crippen LogP contribution in [0.4, 0.5) is 4.39 Å². The molecule has 0 fully saturated rings. The van der Waals surface area contributed by atoms with Crippen molar-refractivity contribution in [2.75, 3.05) is 7.11 Å². The maximum absolute atomic E-state index is 12.9. The van der Waals surface area contributed by atoms with Crippen LogP contribution in [0.25, 0.3) is 0 Å². The van der Waals surface area contributed by atoms with E-state index in [9.17, 15) is 9.18 Å². The first-order chi connectivity index (χ1) is 9.67. The second-order valence-corrected chi connectivity index (χ2v) is 4.65. The van der Waals surface area contributed by atoms with Crippen molar-refractivity contribution < 1.29 is 18.7 Å². The highest BCUT2D eigenvalue weighted by molar-refractivity contribution is 6.00. The van der Waals surface area contributed by atoms with Gasteiger partial charge >= 0.3 is 0 Å². The van der Waals surface area contributed by atoms with Crippen molar-refractivity contribution in [1.82, 2.24) is 0 Å². The summed E-state index contributed by atoms with van der Waals surface area (Å²) in [7, 11) is 1.55. The van der Waals surface area contributed by atoms with Crippen LogP contribution in [0.1, 0.15) is 28.4 Å². The average molecular weight is 272 g/mol. The Morgan fingerprint density at radius 3 is 2.65 bits per heavy atom. The van der Waals surface area contributed by atoms with Gasteiger partial charge in [-0.05, 0) is 35.9 Å². The van der Waals surface area contributed by atoms with Gasteiger partial charge in [0.1, 0.15) is 23.4 Å². The molecule has 2 aromatic carbocycles. The van der Waals surface area contributed by atoms with Gasteiger partial charge in [-0.3, -0.25) is 4.79 Å². The van der Waals surface area contributed by atoms with Crippen molar-refractivity contribution >= 4 is 5.78 Å². The minimum atomic E-state index is -0.371. The van der Waals surface area contributed by atoms with Crippen LogP contribution in [0.3, 0.4) is 0 Å². The summed E-state index contributed by atoms with van der Waals surface area (Å²) in [6.45, 7) is 0.